The lowest BCUT2D eigenvalue weighted by molar-refractivity contribution is -0.147. The second-order valence-electron chi connectivity index (χ2n) is 16.2. The molecule has 4 aliphatic rings. The Morgan fingerprint density at radius 2 is 1.76 bits per heavy atom. The Morgan fingerprint density at radius 3 is 2.34 bits per heavy atom. The maximum absolute atomic E-state index is 14.7. The van der Waals surface area contributed by atoms with Crippen LogP contribution in [0, 0.1) is 34.5 Å². The molecule has 0 radical (unpaired) electrons. The predicted molar refractivity (Wildman–Crippen MR) is 200 cm³/mol. The summed E-state index contributed by atoms with van der Waals surface area (Å²) < 4.78 is 0. The van der Waals surface area contributed by atoms with E-state index in [0.717, 1.165) is 51.4 Å². The van der Waals surface area contributed by atoms with E-state index in [-0.39, 0.29) is 53.2 Å². The van der Waals surface area contributed by atoms with E-state index in [4.69, 9.17) is 0 Å². The molecule has 50 heavy (non-hydrogen) atoms. The summed E-state index contributed by atoms with van der Waals surface area (Å²) >= 11 is 1.31. The summed E-state index contributed by atoms with van der Waals surface area (Å²) in [6, 6.07) is -0.113. The summed E-state index contributed by atoms with van der Waals surface area (Å²) in [7, 11) is 0. The summed E-state index contributed by atoms with van der Waals surface area (Å²) in [6.07, 6.45) is 9.17. The summed E-state index contributed by atoms with van der Waals surface area (Å²) in [4.78, 5) is 84.3. The summed E-state index contributed by atoms with van der Waals surface area (Å²) in [5.74, 6) is -2.82. The van der Waals surface area contributed by atoms with Crippen LogP contribution in [0.5, 0.6) is 0 Å². The summed E-state index contributed by atoms with van der Waals surface area (Å²) in [5, 5.41) is 13.3. The highest BCUT2D eigenvalue weighted by atomic mass is 32.1. The van der Waals surface area contributed by atoms with Gasteiger partial charge in [0.05, 0.1) is 10.9 Å². The van der Waals surface area contributed by atoms with E-state index in [0.29, 0.717) is 17.8 Å². The molecule has 3 unspecified atom stereocenters. The number of thiophene rings is 1. The highest BCUT2D eigenvalue weighted by Crippen LogP contribution is 2.67. The molecule has 2 heterocycles. The van der Waals surface area contributed by atoms with Gasteiger partial charge in [0.2, 0.25) is 23.5 Å². The number of carbonyl (C=O) groups excluding carboxylic acids is 6. The van der Waals surface area contributed by atoms with Crippen molar-refractivity contribution >= 4 is 46.7 Å². The van der Waals surface area contributed by atoms with Crippen molar-refractivity contribution in [2.24, 2.45) is 34.5 Å². The predicted octanol–water partition coefficient (Wildman–Crippen LogP) is 4.97. The van der Waals surface area contributed by atoms with Crippen LogP contribution in [-0.4, -0.2) is 77.5 Å². The third-order valence-electron chi connectivity index (χ3n) is 11.7. The second-order valence-corrected chi connectivity index (χ2v) is 17.1. The van der Waals surface area contributed by atoms with Crippen LogP contribution in [0.2, 0.25) is 0 Å². The standard InChI is InChI=1S/C38H55N5O6S.4H2/c1-7-18-39-35(48)30(44)25(20-22-16-17-22)40-34(47)29-27-24(38(27,6)8-2)21-43(29)36(49)31(37(3,4)5)42-33(46)28(23-13-10-9-11-14-23)41-32(45)26-15-12-19-50-26;;;;/h7,12,15,19,22-25,27-29,31H,1,8-11,13-14,16-18,20-21H2,2-6H3,(H,39,48)(H,40,47)(H,41,45)(H,42,46);4*1H/t24?,25?,27-,28-,29?,31+,38-;;;;/m0..../s1. The number of nitrogens with zero attached hydrogens (tertiary/aromatic N) is 1. The lowest BCUT2D eigenvalue weighted by Crippen LogP contribution is -2.63. The molecule has 0 spiro atoms. The van der Waals surface area contributed by atoms with E-state index < -0.39 is 53.1 Å². The minimum Gasteiger partial charge on any atom is -0.346 e. The van der Waals surface area contributed by atoms with Crippen LogP contribution < -0.4 is 21.3 Å². The summed E-state index contributed by atoms with van der Waals surface area (Å²) in [5.41, 5.74) is -0.869. The van der Waals surface area contributed by atoms with E-state index in [1.54, 1.807) is 17.0 Å². The zero-order valence-corrected chi connectivity index (χ0v) is 31.0. The molecule has 1 aliphatic heterocycles. The maximum Gasteiger partial charge on any atom is 0.289 e. The molecule has 282 valence electrons. The van der Waals surface area contributed by atoms with Gasteiger partial charge >= 0.3 is 0 Å². The highest BCUT2D eigenvalue weighted by Gasteiger charge is 2.71. The normalized spacial score (nSPS) is 26.5. The van der Waals surface area contributed by atoms with Gasteiger partial charge in [-0.2, -0.15) is 0 Å². The molecular formula is C38H63N5O6S. The van der Waals surface area contributed by atoms with Crippen molar-refractivity contribution in [1.82, 2.24) is 26.2 Å². The lowest BCUT2D eigenvalue weighted by Gasteiger charge is -2.39. The van der Waals surface area contributed by atoms with Gasteiger partial charge in [-0.05, 0) is 65.2 Å². The minimum absolute atomic E-state index is 0. The van der Waals surface area contributed by atoms with Crippen molar-refractivity contribution < 1.29 is 34.5 Å². The van der Waals surface area contributed by atoms with Crippen LogP contribution in [0.4, 0.5) is 0 Å². The molecule has 0 bridgehead atoms. The number of piperidine rings is 1. The first-order valence-corrected chi connectivity index (χ1v) is 19.3. The zero-order valence-electron chi connectivity index (χ0n) is 30.2. The second kappa shape index (κ2) is 15.4. The van der Waals surface area contributed by atoms with Crippen LogP contribution in [-0.2, 0) is 24.0 Å². The van der Waals surface area contributed by atoms with Gasteiger partial charge in [-0.1, -0.05) is 85.3 Å². The smallest absolute Gasteiger partial charge is 0.289 e. The number of ketones is 1. The van der Waals surface area contributed by atoms with Gasteiger partial charge in [-0.25, -0.2) is 0 Å². The molecule has 5 amide bonds. The third kappa shape index (κ3) is 8.16. The first-order chi connectivity index (χ1) is 23.7. The van der Waals surface area contributed by atoms with Crippen molar-refractivity contribution in [3.05, 3.63) is 35.0 Å². The van der Waals surface area contributed by atoms with Crippen molar-refractivity contribution in [2.45, 2.75) is 117 Å². The number of hydrogen-bond acceptors (Lipinski definition) is 7. The average molecular weight is 718 g/mol. The number of hydrogen-bond donors (Lipinski definition) is 4. The zero-order chi connectivity index (χ0) is 36.4. The molecule has 1 aromatic heterocycles. The van der Waals surface area contributed by atoms with E-state index in [9.17, 15) is 28.8 Å². The lowest BCUT2D eigenvalue weighted by atomic mass is 9.82. The minimum atomic E-state index is -0.997. The van der Waals surface area contributed by atoms with E-state index in [2.05, 4.69) is 41.7 Å². The van der Waals surface area contributed by atoms with Gasteiger partial charge in [0.25, 0.3) is 11.8 Å². The van der Waals surface area contributed by atoms with E-state index in [1.165, 1.54) is 17.4 Å². The van der Waals surface area contributed by atoms with Crippen molar-refractivity contribution in [1.29, 1.82) is 0 Å². The number of likely N-dealkylation sites (tertiary alicyclic amines) is 1. The summed E-state index contributed by atoms with van der Waals surface area (Å²) in [6.45, 7) is 13.9. The Hall–Kier alpha value is -3.54. The van der Waals surface area contributed by atoms with Gasteiger partial charge in [0.15, 0.2) is 0 Å². The molecule has 3 saturated carbocycles. The number of carbonyl (C=O) groups is 6. The fraction of sp³-hybridized carbons (Fsp3) is 0.684. The average Bonchev–Trinajstić information content (AvgIpc) is 3.82. The Morgan fingerprint density at radius 1 is 1.06 bits per heavy atom. The van der Waals surface area contributed by atoms with Gasteiger partial charge in [0, 0.05) is 18.8 Å². The topological polar surface area (TPSA) is 154 Å². The van der Waals surface area contributed by atoms with E-state index in [1.807, 2.05) is 26.2 Å². The van der Waals surface area contributed by atoms with Crippen molar-refractivity contribution in [2.75, 3.05) is 13.1 Å². The van der Waals surface area contributed by atoms with Crippen molar-refractivity contribution in [3.8, 4) is 0 Å². The number of fused-ring (bicyclic) bond motifs is 1. The van der Waals surface area contributed by atoms with Crippen LogP contribution in [0.1, 0.15) is 108 Å². The first-order valence-electron chi connectivity index (χ1n) is 18.4. The van der Waals surface area contributed by atoms with E-state index >= 15 is 0 Å². The fourth-order valence-corrected chi connectivity index (χ4v) is 8.90. The third-order valence-corrected chi connectivity index (χ3v) is 12.5. The van der Waals surface area contributed by atoms with Gasteiger partial charge in [0.1, 0.15) is 18.1 Å². The van der Waals surface area contributed by atoms with Crippen LogP contribution in [0.25, 0.3) is 0 Å². The van der Waals surface area contributed by atoms with Gasteiger partial charge < -0.3 is 26.2 Å². The quantitative estimate of drug-likeness (QED) is 0.149. The highest BCUT2D eigenvalue weighted by molar-refractivity contribution is 7.12. The molecule has 12 heteroatoms. The molecule has 7 atom stereocenters. The fourth-order valence-electron chi connectivity index (χ4n) is 8.27. The molecule has 4 N–H and O–H groups in total. The molecular weight excluding hydrogens is 655 g/mol. The Bertz CT molecular complexity index is 1480. The number of rotatable bonds is 15. The monoisotopic (exact) mass is 717 g/mol. The molecule has 5 rings (SSSR count). The van der Waals surface area contributed by atoms with Crippen LogP contribution >= 0.6 is 11.3 Å². The van der Waals surface area contributed by atoms with Gasteiger partial charge in [-0.15, -0.1) is 17.9 Å². The Labute approximate surface area is 306 Å². The van der Waals surface area contributed by atoms with Crippen LogP contribution in [0.3, 0.4) is 0 Å². The number of nitrogens with one attached hydrogen (secondary N) is 4. The van der Waals surface area contributed by atoms with Crippen LogP contribution in [0.15, 0.2) is 30.2 Å². The Balaban J connectivity index is 0.00000364. The molecule has 11 nitrogen and oxygen atoms in total. The Kier molecular flexibility index (Phi) is 11.6. The molecule has 0 aromatic carbocycles. The SMILES string of the molecule is C=CCNC(=O)C(=O)C(CC1CC1)NC(=O)C1[C@@H]2C(CN1C(=O)[C@@H](NC(=O)[C@@H](NC(=O)c1cccs1)C1CCCCC1)C(C)(C)C)[C@]2(C)CC.[HH].[HH].[HH].[HH]. The molecule has 1 saturated heterocycles. The molecule has 4 fully saturated rings. The number of Topliss-reactive ketones (excluding diaryl/α,β-unsaturated/α-hetero) is 1. The first kappa shape index (κ1) is 37.7. The maximum atomic E-state index is 14.7. The molecule has 1 aromatic rings. The number of amides is 5. The van der Waals surface area contributed by atoms with Gasteiger partial charge in [-0.3, -0.25) is 28.8 Å². The van der Waals surface area contributed by atoms with Crippen molar-refractivity contribution in [3.63, 3.8) is 0 Å². The molecule has 3 aliphatic carbocycles. The largest absolute Gasteiger partial charge is 0.346 e.